The summed E-state index contributed by atoms with van der Waals surface area (Å²) in [5.74, 6) is 1.47. The summed E-state index contributed by atoms with van der Waals surface area (Å²) in [4.78, 5) is 17.3. The molecule has 2 aromatic heterocycles. The van der Waals surface area contributed by atoms with Gasteiger partial charge in [0.25, 0.3) is 5.91 Å². The first-order valence-electron chi connectivity index (χ1n) is 11.1. The average Bonchev–Trinajstić information content (AvgIpc) is 3.24. The fourth-order valence-corrected chi connectivity index (χ4v) is 4.30. The molecule has 3 aromatic rings. The lowest BCUT2D eigenvalue weighted by molar-refractivity contribution is 0.0711. The highest BCUT2D eigenvalue weighted by atomic mass is 16.2. The van der Waals surface area contributed by atoms with Crippen LogP contribution < -0.4 is 4.90 Å². The fourth-order valence-electron chi connectivity index (χ4n) is 4.30. The van der Waals surface area contributed by atoms with E-state index in [0.717, 1.165) is 56.1 Å². The lowest BCUT2D eigenvalue weighted by Crippen LogP contribution is -2.38. The highest BCUT2D eigenvalue weighted by Crippen LogP contribution is 2.28. The molecule has 0 aliphatic carbocycles. The molecule has 1 fully saturated rings. The van der Waals surface area contributed by atoms with Gasteiger partial charge in [-0.2, -0.15) is 0 Å². The Morgan fingerprint density at radius 1 is 1.07 bits per heavy atom. The third-order valence-electron chi connectivity index (χ3n) is 6.13. The van der Waals surface area contributed by atoms with Crippen LogP contribution in [0.5, 0.6) is 0 Å². The highest BCUT2D eigenvalue weighted by molar-refractivity contribution is 5.94. The van der Waals surface area contributed by atoms with Gasteiger partial charge in [0.05, 0.1) is 0 Å². The van der Waals surface area contributed by atoms with Crippen LogP contribution >= 0.6 is 0 Å². The molecule has 0 radical (unpaired) electrons. The topological polar surface area (TPSA) is 53.7 Å². The normalized spacial score (nSPS) is 14.9. The van der Waals surface area contributed by atoms with Gasteiger partial charge in [-0.1, -0.05) is 19.4 Å². The zero-order valence-corrected chi connectivity index (χ0v) is 18.0. The van der Waals surface area contributed by atoms with Gasteiger partial charge < -0.3 is 9.80 Å². The van der Waals surface area contributed by atoms with E-state index in [9.17, 15) is 4.79 Å². The van der Waals surface area contributed by atoms with Crippen LogP contribution in [-0.4, -0.2) is 51.6 Å². The maximum atomic E-state index is 13.0. The number of unbranched alkanes of at least 4 members (excludes halogenated alkanes) is 1. The second kappa shape index (κ2) is 9.28. The van der Waals surface area contributed by atoms with E-state index >= 15 is 0 Å². The van der Waals surface area contributed by atoms with Gasteiger partial charge in [-0.05, 0) is 62.6 Å². The molecule has 0 atom stereocenters. The van der Waals surface area contributed by atoms with Gasteiger partial charge in [-0.3, -0.25) is 9.20 Å². The van der Waals surface area contributed by atoms with Gasteiger partial charge in [0.2, 0.25) is 0 Å². The third kappa shape index (κ3) is 4.18. The molecule has 3 heterocycles. The SMILES string of the molecule is CCCCN(CC)c1ccc(C(=O)N2CCC(c3nnc4ccccn34)CC2)cc1. The Bertz CT molecular complexity index is 973. The van der Waals surface area contributed by atoms with Crippen LogP contribution in [0.2, 0.25) is 0 Å². The van der Waals surface area contributed by atoms with Crippen molar-refractivity contribution in [3.8, 4) is 0 Å². The molecule has 1 aliphatic heterocycles. The lowest BCUT2D eigenvalue weighted by atomic mass is 9.95. The summed E-state index contributed by atoms with van der Waals surface area (Å²) in [7, 11) is 0. The van der Waals surface area contributed by atoms with Crippen molar-refractivity contribution in [1.82, 2.24) is 19.5 Å². The number of hydrogen-bond donors (Lipinski definition) is 0. The molecule has 0 N–H and O–H groups in total. The number of amides is 1. The molecule has 0 saturated carbocycles. The van der Waals surface area contributed by atoms with Gasteiger partial charge >= 0.3 is 0 Å². The summed E-state index contributed by atoms with van der Waals surface area (Å²) in [6.45, 7) is 7.94. The number of aromatic nitrogens is 3. The second-order valence-corrected chi connectivity index (χ2v) is 8.03. The minimum absolute atomic E-state index is 0.128. The molecule has 6 nitrogen and oxygen atoms in total. The van der Waals surface area contributed by atoms with E-state index in [0.29, 0.717) is 5.92 Å². The molecule has 1 amide bonds. The van der Waals surface area contributed by atoms with Gasteiger partial charge in [-0.25, -0.2) is 0 Å². The molecule has 0 spiro atoms. The van der Waals surface area contributed by atoms with E-state index in [4.69, 9.17) is 0 Å². The number of piperidine rings is 1. The number of fused-ring (bicyclic) bond motifs is 1. The summed E-state index contributed by atoms with van der Waals surface area (Å²) >= 11 is 0. The predicted octanol–water partition coefficient (Wildman–Crippen LogP) is 4.38. The smallest absolute Gasteiger partial charge is 0.253 e. The van der Waals surface area contributed by atoms with E-state index in [-0.39, 0.29) is 5.91 Å². The minimum atomic E-state index is 0.128. The summed E-state index contributed by atoms with van der Waals surface area (Å²) in [5.41, 5.74) is 2.85. The van der Waals surface area contributed by atoms with Crippen LogP contribution in [0.25, 0.3) is 5.65 Å². The second-order valence-electron chi connectivity index (χ2n) is 8.03. The molecule has 0 bridgehead atoms. The van der Waals surface area contributed by atoms with Gasteiger partial charge in [-0.15, -0.1) is 10.2 Å². The minimum Gasteiger partial charge on any atom is -0.372 e. The molecule has 1 saturated heterocycles. The van der Waals surface area contributed by atoms with Gasteiger partial charge in [0, 0.05) is 49.5 Å². The van der Waals surface area contributed by atoms with E-state index in [2.05, 4.69) is 45.5 Å². The number of anilines is 1. The molecule has 6 heteroatoms. The zero-order chi connectivity index (χ0) is 20.9. The number of rotatable bonds is 7. The maximum Gasteiger partial charge on any atom is 0.253 e. The van der Waals surface area contributed by atoms with Crippen LogP contribution in [0, 0.1) is 0 Å². The Labute approximate surface area is 178 Å². The Balaban J connectivity index is 1.38. The molecule has 1 aromatic carbocycles. The van der Waals surface area contributed by atoms with Crippen molar-refractivity contribution in [2.75, 3.05) is 31.1 Å². The van der Waals surface area contributed by atoms with Gasteiger partial charge in [0.1, 0.15) is 5.82 Å². The third-order valence-corrected chi connectivity index (χ3v) is 6.13. The van der Waals surface area contributed by atoms with E-state index in [1.807, 2.05) is 41.4 Å². The first-order valence-corrected chi connectivity index (χ1v) is 11.1. The number of nitrogens with zero attached hydrogens (tertiary/aromatic N) is 5. The molecule has 0 unspecified atom stereocenters. The Hall–Kier alpha value is -2.89. The van der Waals surface area contributed by atoms with Crippen LogP contribution in [0.15, 0.2) is 48.7 Å². The summed E-state index contributed by atoms with van der Waals surface area (Å²) in [6, 6.07) is 14.1. The monoisotopic (exact) mass is 405 g/mol. The van der Waals surface area contributed by atoms with Crippen molar-refractivity contribution >= 4 is 17.2 Å². The molecule has 158 valence electrons. The first-order chi connectivity index (χ1) is 14.7. The number of benzene rings is 1. The molecular formula is C24H31N5O. The lowest BCUT2D eigenvalue weighted by Gasteiger charge is -2.31. The van der Waals surface area contributed by atoms with Gasteiger partial charge in [0.15, 0.2) is 5.65 Å². The van der Waals surface area contributed by atoms with E-state index in [1.54, 1.807) is 0 Å². The van der Waals surface area contributed by atoms with Crippen molar-refractivity contribution in [3.05, 3.63) is 60.0 Å². The highest BCUT2D eigenvalue weighted by Gasteiger charge is 2.27. The zero-order valence-electron chi connectivity index (χ0n) is 18.0. The molecular weight excluding hydrogens is 374 g/mol. The van der Waals surface area contributed by atoms with Crippen molar-refractivity contribution in [1.29, 1.82) is 0 Å². The predicted molar refractivity (Wildman–Crippen MR) is 120 cm³/mol. The van der Waals surface area contributed by atoms with Crippen LogP contribution in [0.4, 0.5) is 5.69 Å². The number of carbonyl (C=O) groups is 1. The standard InChI is InChI=1S/C24H31N5O/c1-3-5-15-27(4-2)21-11-9-20(10-12-21)24(30)28-17-13-19(14-18-28)23-26-25-22-8-6-7-16-29(22)23/h6-12,16,19H,3-5,13-15,17-18H2,1-2H3. The Morgan fingerprint density at radius 2 is 1.83 bits per heavy atom. The Kier molecular flexibility index (Phi) is 6.31. The van der Waals surface area contributed by atoms with Crippen LogP contribution in [-0.2, 0) is 0 Å². The van der Waals surface area contributed by atoms with Crippen LogP contribution in [0.3, 0.4) is 0 Å². The first kappa shape index (κ1) is 20.4. The quantitative estimate of drug-likeness (QED) is 0.585. The number of likely N-dealkylation sites (tertiary alicyclic amines) is 1. The van der Waals surface area contributed by atoms with Crippen LogP contribution in [0.1, 0.15) is 61.6 Å². The maximum absolute atomic E-state index is 13.0. The fraction of sp³-hybridized carbons (Fsp3) is 0.458. The van der Waals surface area contributed by atoms with Crippen molar-refractivity contribution in [2.45, 2.75) is 45.4 Å². The number of pyridine rings is 1. The molecule has 30 heavy (non-hydrogen) atoms. The van der Waals surface area contributed by atoms with E-state index < -0.39 is 0 Å². The summed E-state index contributed by atoms with van der Waals surface area (Å²) in [6.07, 6.45) is 6.22. The van der Waals surface area contributed by atoms with E-state index in [1.165, 1.54) is 18.5 Å². The van der Waals surface area contributed by atoms with Crippen molar-refractivity contribution in [2.24, 2.45) is 0 Å². The summed E-state index contributed by atoms with van der Waals surface area (Å²) < 4.78 is 2.07. The summed E-state index contributed by atoms with van der Waals surface area (Å²) in [5, 5.41) is 8.68. The van der Waals surface area contributed by atoms with Crippen molar-refractivity contribution in [3.63, 3.8) is 0 Å². The number of carbonyl (C=O) groups excluding carboxylic acids is 1. The molecule has 4 rings (SSSR count). The average molecular weight is 406 g/mol. The Morgan fingerprint density at radius 3 is 2.53 bits per heavy atom. The molecule has 1 aliphatic rings. The number of hydrogen-bond acceptors (Lipinski definition) is 4. The van der Waals surface area contributed by atoms with Crippen molar-refractivity contribution < 1.29 is 4.79 Å². The largest absolute Gasteiger partial charge is 0.372 e.